The molecule has 0 unspecified atom stereocenters. The van der Waals surface area contributed by atoms with Crippen molar-refractivity contribution in [3.8, 4) is 0 Å². The Morgan fingerprint density at radius 2 is 1.64 bits per heavy atom. The van der Waals surface area contributed by atoms with E-state index in [4.69, 9.17) is 4.74 Å². The van der Waals surface area contributed by atoms with Gasteiger partial charge in [-0.2, -0.15) is 4.31 Å². The van der Waals surface area contributed by atoms with E-state index >= 15 is 0 Å². The molecule has 1 aromatic carbocycles. The zero-order chi connectivity index (χ0) is 30.9. The summed E-state index contributed by atoms with van der Waals surface area (Å²) in [5, 5.41) is 5.06. The maximum atomic E-state index is 13.3. The second-order valence-corrected chi connectivity index (χ2v) is 12.7. The average molecular weight is 623 g/mol. The Kier molecular flexibility index (Phi) is 11.9. The monoisotopic (exact) mass is 622 g/mol. The Balaban J connectivity index is 1.87. The summed E-state index contributed by atoms with van der Waals surface area (Å²) in [6.07, 6.45) is 2.10. The number of nitrogens with zero attached hydrogens (tertiary/aromatic N) is 2. The number of fused-ring (bicyclic) bond motifs is 1. The van der Waals surface area contributed by atoms with Gasteiger partial charge in [0.1, 0.15) is 5.00 Å². The average Bonchev–Trinajstić information content (AvgIpc) is 3.34. The number of imide groups is 1. The predicted octanol–water partition coefficient (Wildman–Crippen LogP) is 4.60. The van der Waals surface area contributed by atoms with Crippen molar-refractivity contribution < 1.29 is 37.1 Å². The fourth-order valence-electron chi connectivity index (χ4n) is 4.43. The van der Waals surface area contributed by atoms with E-state index in [-0.39, 0.29) is 40.7 Å². The molecule has 0 atom stereocenters. The number of rotatable bonds is 12. The van der Waals surface area contributed by atoms with Crippen LogP contribution in [0.4, 0.5) is 14.6 Å². The molecule has 14 heteroatoms. The minimum atomic E-state index is -3.73. The third-order valence-electron chi connectivity index (χ3n) is 6.71. The van der Waals surface area contributed by atoms with Crippen LogP contribution in [-0.4, -0.2) is 75.0 Å². The number of benzene rings is 1. The lowest BCUT2D eigenvalue weighted by Gasteiger charge is -2.26. The summed E-state index contributed by atoms with van der Waals surface area (Å²) in [7, 11) is -2.61. The Hall–Kier alpha value is -3.49. The maximum Gasteiger partial charge on any atom is 0.413 e. The number of hydrogen-bond acceptors (Lipinski definition) is 9. The van der Waals surface area contributed by atoms with Crippen molar-refractivity contribution in [1.82, 2.24) is 14.5 Å². The fraction of sp³-hybridized carbons (Fsp3) is 0.500. The summed E-state index contributed by atoms with van der Waals surface area (Å²) in [5.74, 6) is -1.32. The molecule has 0 saturated carbocycles. The van der Waals surface area contributed by atoms with E-state index in [0.717, 1.165) is 44.1 Å². The topological polar surface area (TPSA) is 151 Å². The van der Waals surface area contributed by atoms with Crippen LogP contribution >= 0.6 is 11.3 Å². The van der Waals surface area contributed by atoms with Crippen molar-refractivity contribution in [2.45, 2.75) is 64.3 Å². The molecule has 230 valence electrons. The Morgan fingerprint density at radius 1 is 1.00 bits per heavy atom. The highest BCUT2D eigenvalue weighted by Gasteiger charge is 2.32. The number of anilines is 1. The standard InChI is InChI=1S/C28H38N4O8S2/c1-5-8-15-32(16-9-6-2)42(37,38)20-12-10-19(11-13-20)24(33)29-26-23(25(34)30-27(35)39-4)21-14-17-31(18-22(21)41-26)28(36)40-7-3/h10-13H,5-9,14-18H2,1-4H3,(H,29,33)(H,30,34,35). The number of hydrogen-bond donors (Lipinski definition) is 2. The molecule has 12 nitrogen and oxygen atoms in total. The van der Waals surface area contributed by atoms with Gasteiger partial charge in [0, 0.05) is 30.1 Å². The number of thiophene rings is 1. The van der Waals surface area contributed by atoms with Crippen molar-refractivity contribution in [1.29, 1.82) is 0 Å². The summed E-state index contributed by atoms with van der Waals surface area (Å²) in [5.41, 5.74) is 0.901. The first kappa shape index (κ1) is 33.0. The molecule has 0 fully saturated rings. The van der Waals surface area contributed by atoms with E-state index in [2.05, 4.69) is 15.4 Å². The van der Waals surface area contributed by atoms with Gasteiger partial charge in [-0.1, -0.05) is 26.7 Å². The molecule has 2 aromatic rings. The molecular weight excluding hydrogens is 584 g/mol. The van der Waals surface area contributed by atoms with E-state index in [0.29, 0.717) is 30.0 Å². The number of sulfonamides is 1. The fourth-order valence-corrected chi connectivity index (χ4v) is 7.21. The van der Waals surface area contributed by atoms with E-state index < -0.39 is 34.0 Å². The van der Waals surface area contributed by atoms with Crippen LogP contribution in [0.15, 0.2) is 29.2 Å². The first-order chi connectivity index (χ1) is 20.1. The molecule has 0 aliphatic carbocycles. The van der Waals surface area contributed by atoms with Crippen molar-refractivity contribution in [2.75, 3.05) is 38.7 Å². The molecule has 4 amide bonds. The van der Waals surface area contributed by atoms with Crippen molar-refractivity contribution in [3.63, 3.8) is 0 Å². The van der Waals surface area contributed by atoms with Gasteiger partial charge in [0.05, 0.1) is 30.7 Å². The van der Waals surface area contributed by atoms with Gasteiger partial charge in [-0.25, -0.2) is 18.0 Å². The van der Waals surface area contributed by atoms with Gasteiger partial charge in [-0.3, -0.25) is 14.9 Å². The number of carbonyl (C=O) groups excluding carboxylic acids is 4. The van der Waals surface area contributed by atoms with Crippen LogP contribution in [0.5, 0.6) is 0 Å². The van der Waals surface area contributed by atoms with Crippen molar-refractivity contribution in [2.24, 2.45) is 0 Å². The highest BCUT2D eigenvalue weighted by molar-refractivity contribution is 7.89. The number of nitrogens with one attached hydrogen (secondary N) is 2. The van der Waals surface area contributed by atoms with Crippen LogP contribution in [-0.2, 0) is 32.5 Å². The lowest BCUT2D eigenvalue weighted by atomic mass is 10.0. The van der Waals surface area contributed by atoms with E-state index in [1.807, 2.05) is 13.8 Å². The quantitative estimate of drug-likeness (QED) is 0.349. The summed E-state index contributed by atoms with van der Waals surface area (Å²) >= 11 is 1.12. The van der Waals surface area contributed by atoms with Gasteiger partial charge in [0.2, 0.25) is 10.0 Å². The smallest absolute Gasteiger partial charge is 0.413 e. The molecule has 2 heterocycles. The Labute approximate surface area is 250 Å². The lowest BCUT2D eigenvalue weighted by molar-refractivity contribution is 0.0936. The van der Waals surface area contributed by atoms with Crippen LogP contribution in [0.1, 0.15) is 77.6 Å². The number of alkyl carbamates (subject to hydrolysis) is 1. The maximum absolute atomic E-state index is 13.3. The van der Waals surface area contributed by atoms with Gasteiger partial charge >= 0.3 is 12.2 Å². The minimum absolute atomic E-state index is 0.0926. The summed E-state index contributed by atoms with van der Waals surface area (Å²) in [6, 6.07) is 5.64. The van der Waals surface area contributed by atoms with Gasteiger partial charge < -0.3 is 19.7 Å². The number of ether oxygens (including phenoxy) is 2. The molecule has 1 aliphatic rings. The summed E-state index contributed by atoms with van der Waals surface area (Å²) < 4.78 is 37.7. The second-order valence-electron chi connectivity index (χ2n) is 9.61. The van der Waals surface area contributed by atoms with Crippen molar-refractivity contribution in [3.05, 3.63) is 45.8 Å². The molecule has 1 aliphatic heterocycles. The van der Waals surface area contributed by atoms with Gasteiger partial charge in [0.15, 0.2) is 0 Å². The molecule has 1 aromatic heterocycles. The third-order valence-corrected chi connectivity index (χ3v) is 9.76. The SMILES string of the molecule is CCCCN(CCCC)S(=O)(=O)c1ccc(C(=O)Nc2sc3c(c2C(=O)NC(=O)OC)CCN(C(=O)OCC)C3)cc1. The van der Waals surface area contributed by atoms with Crippen molar-refractivity contribution >= 4 is 50.4 Å². The minimum Gasteiger partial charge on any atom is -0.453 e. The van der Waals surface area contributed by atoms with Gasteiger partial charge in [0.25, 0.3) is 11.8 Å². The van der Waals surface area contributed by atoms with Gasteiger partial charge in [-0.05, 0) is 56.0 Å². The first-order valence-corrected chi connectivity index (χ1v) is 16.2. The largest absolute Gasteiger partial charge is 0.453 e. The van der Waals surface area contributed by atoms with Crippen LogP contribution in [0.2, 0.25) is 0 Å². The van der Waals surface area contributed by atoms with E-state index in [1.165, 1.54) is 33.5 Å². The zero-order valence-electron chi connectivity index (χ0n) is 24.4. The molecule has 3 rings (SSSR count). The Morgan fingerprint density at radius 3 is 2.21 bits per heavy atom. The van der Waals surface area contributed by atoms with Crippen LogP contribution < -0.4 is 10.6 Å². The number of unbranched alkanes of at least 4 members (excludes halogenated alkanes) is 2. The number of carbonyl (C=O) groups is 4. The predicted molar refractivity (Wildman–Crippen MR) is 158 cm³/mol. The third kappa shape index (κ3) is 7.86. The molecule has 2 N–H and O–H groups in total. The Bertz CT molecular complexity index is 1380. The lowest BCUT2D eigenvalue weighted by Crippen LogP contribution is -2.37. The van der Waals surface area contributed by atoms with Crippen LogP contribution in [0.3, 0.4) is 0 Å². The number of methoxy groups -OCH3 is 1. The molecule has 0 saturated heterocycles. The van der Waals surface area contributed by atoms with E-state index in [9.17, 15) is 27.6 Å². The zero-order valence-corrected chi connectivity index (χ0v) is 26.0. The van der Waals surface area contributed by atoms with Crippen LogP contribution in [0, 0.1) is 0 Å². The molecule has 0 radical (unpaired) electrons. The normalized spacial score (nSPS) is 12.9. The second kappa shape index (κ2) is 15.1. The highest BCUT2D eigenvalue weighted by Crippen LogP contribution is 2.37. The molecule has 0 bridgehead atoms. The highest BCUT2D eigenvalue weighted by atomic mass is 32.2. The van der Waals surface area contributed by atoms with E-state index in [1.54, 1.807) is 6.92 Å². The van der Waals surface area contributed by atoms with Gasteiger partial charge in [-0.15, -0.1) is 11.3 Å². The molecule has 42 heavy (non-hydrogen) atoms. The molecular formula is C28H38N4O8S2. The number of amides is 4. The first-order valence-electron chi connectivity index (χ1n) is 13.9. The summed E-state index contributed by atoms with van der Waals surface area (Å²) in [6.45, 7) is 7.24. The summed E-state index contributed by atoms with van der Waals surface area (Å²) in [4.78, 5) is 52.6. The van der Waals surface area contributed by atoms with Crippen LogP contribution in [0.25, 0.3) is 0 Å². The molecule has 0 spiro atoms.